The maximum Gasteiger partial charge on any atom is 0.130 e. The van der Waals surface area contributed by atoms with Gasteiger partial charge in [0.15, 0.2) is 0 Å². The highest BCUT2D eigenvalue weighted by Crippen LogP contribution is 2.29. The highest BCUT2D eigenvalue weighted by Gasteiger charge is 2.42. The highest BCUT2D eigenvalue weighted by molar-refractivity contribution is 5.28. The average molecular weight is 222 g/mol. The van der Waals surface area contributed by atoms with Crippen molar-refractivity contribution in [1.82, 2.24) is 0 Å². The average Bonchev–Trinajstić information content (AvgIpc) is 2.26. The molecule has 1 aliphatic carbocycles. The van der Waals surface area contributed by atoms with E-state index in [9.17, 15) is 5.11 Å². The van der Waals surface area contributed by atoms with Gasteiger partial charge in [0.1, 0.15) is 18.0 Å². The Labute approximate surface area is 96.0 Å². The minimum Gasteiger partial charge on any atom is -0.488 e. The van der Waals surface area contributed by atoms with Crippen LogP contribution in [0.4, 0.5) is 0 Å². The van der Waals surface area contributed by atoms with E-state index in [2.05, 4.69) is 0 Å². The number of ether oxygens (including phenoxy) is 2. The van der Waals surface area contributed by atoms with Crippen LogP contribution in [0, 0.1) is 6.92 Å². The van der Waals surface area contributed by atoms with Gasteiger partial charge in [0.05, 0.1) is 6.10 Å². The molecule has 3 unspecified atom stereocenters. The molecule has 1 aromatic carbocycles. The zero-order valence-corrected chi connectivity index (χ0v) is 9.72. The van der Waals surface area contributed by atoms with Crippen LogP contribution in [0.3, 0.4) is 0 Å². The van der Waals surface area contributed by atoms with E-state index in [0.29, 0.717) is 13.0 Å². The first-order valence-corrected chi connectivity index (χ1v) is 5.73. The SMILES string of the molecule is CCOC1C(O)CC1Oc1cccc(C)c1. The minimum absolute atomic E-state index is 0.0169. The van der Waals surface area contributed by atoms with E-state index in [0.717, 1.165) is 5.75 Å². The lowest BCUT2D eigenvalue weighted by molar-refractivity contribution is -0.160. The number of rotatable bonds is 4. The van der Waals surface area contributed by atoms with Gasteiger partial charge in [-0.15, -0.1) is 0 Å². The van der Waals surface area contributed by atoms with Crippen LogP contribution in [0.2, 0.25) is 0 Å². The summed E-state index contributed by atoms with van der Waals surface area (Å²) >= 11 is 0. The second-order valence-corrected chi connectivity index (χ2v) is 4.20. The Morgan fingerprint density at radius 1 is 1.44 bits per heavy atom. The molecule has 1 N–H and O–H groups in total. The molecule has 0 amide bonds. The molecule has 1 aromatic rings. The zero-order valence-electron chi connectivity index (χ0n) is 9.72. The van der Waals surface area contributed by atoms with Gasteiger partial charge in [-0.25, -0.2) is 0 Å². The predicted octanol–water partition coefficient (Wildman–Crippen LogP) is 1.91. The van der Waals surface area contributed by atoms with Crippen molar-refractivity contribution in [3.05, 3.63) is 29.8 Å². The Morgan fingerprint density at radius 3 is 2.88 bits per heavy atom. The lowest BCUT2D eigenvalue weighted by Crippen LogP contribution is -2.55. The van der Waals surface area contributed by atoms with E-state index in [4.69, 9.17) is 9.47 Å². The standard InChI is InChI=1S/C13H18O3/c1-3-15-13-11(14)8-12(13)16-10-6-4-5-9(2)7-10/h4-7,11-14H,3,8H2,1-2H3. The van der Waals surface area contributed by atoms with Gasteiger partial charge in [-0.3, -0.25) is 0 Å². The minimum atomic E-state index is -0.380. The van der Waals surface area contributed by atoms with Gasteiger partial charge >= 0.3 is 0 Å². The summed E-state index contributed by atoms with van der Waals surface area (Å²) in [6, 6.07) is 7.92. The lowest BCUT2D eigenvalue weighted by atomic mass is 9.88. The van der Waals surface area contributed by atoms with Crippen molar-refractivity contribution in [1.29, 1.82) is 0 Å². The number of benzene rings is 1. The quantitative estimate of drug-likeness (QED) is 0.845. The molecule has 0 heterocycles. The summed E-state index contributed by atoms with van der Waals surface area (Å²) in [5, 5.41) is 9.54. The summed E-state index contributed by atoms with van der Waals surface area (Å²) in [6.07, 6.45) is 0.0792. The fourth-order valence-electron chi connectivity index (χ4n) is 1.95. The Kier molecular flexibility index (Phi) is 3.46. The largest absolute Gasteiger partial charge is 0.488 e. The van der Waals surface area contributed by atoms with Crippen molar-refractivity contribution in [3.63, 3.8) is 0 Å². The molecule has 88 valence electrons. The smallest absolute Gasteiger partial charge is 0.130 e. The molecule has 0 bridgehead atoms. The van der Waals surface area contributed by atoms with Crippen LogP contribution < -0.4 is 4.74 Å². The van der Waals surface area contributed by atoms with Crippen LogP contribution in [0.25, 0.3) is 0 Å². The Morgan fingerprint density at radius 2 is 2.25 bits per heavy atom. The van der Waals surface area contributed by atoms with Crippen LogP contribution in [0.15, 0.2) is 24.3 Å². The molecule has 1 saturated carbocycles. The topological polar surface area (TPSA) is 38.7 Å². The summed E-state index contributed by atoms with van der Waals surface area (Å²) < 4.78 is 11.2. The maximum absolute atomic E-state index is 9.54. The summed E-state index contributed by atoms with van der Waals surface area (Å²) in [6.45, 7) is 4.56. The Balaban J connectivity index is 1.95. The Hall–Kier alpha value is -1.06. The van der Waals surface area contributed by atoms with Crippen molar-refractivity contribution < 1.29 is 14.6 Å². The number of aryl methyl sites for hydroxylation is 1. The molecule has 0 saturated heterocycles. The first-order chi connectivity index (χ1) is 7.70. The number of hydrogen-bond donors (Lipinski definition) is 1. The van der Waals surface area contributed by atoms with Crippen LogP contribution in [0.1, 0.15) is 18.9 Å². The molecule has 16 heavy (non-hydrogen) atoms. The third kappa shape index (κ3) is 2.36. The molecule has 0 aliphatic heterocycles. The summed E-state index contributed by atoms with van der Waals surface area (Å²) in [4.78, 5) is 0. The van der Waals surface area contributed by atoms with Crippen molar-refractivity contribution in [2.75, 3.05) is 6.61 Å². The maximum atomic E-state index is 9.54. The highest BCUT2D eigenvalue weighted by atomic mass is 16.6. The normalized spacial score (nSPS) is 28.6. The fraction of sp³-hybridized carbons (Fsp3) is 0.538. The molecule has 1 aliphatic rings. The molecule has 1 fully saturated rings. The molecule has 3 heteroatoms. The summed E-state index contributed by atoms with van der Waals surface area (Å²) in [5.74, 6) is 0.849. The van der Waals surface area contributed by atoms with Gasteiger partial charge < -0.3 is 14.6 Å². The fourth-order valence-corrected chi connectivity index (χ4v) is 1.95. The van der Waals surface area contributed by atoms with E-state index in [1.165, 1.54) is 5.56 Å². The second-order valence-electron chi connectivity index (χ2n) is 4.20. The molecular weight excluding hydrogens is 204 g/mol. The number of hydrogen-bond acceptors (Lipinski definition) is 3. The van der Waals surface area contributed by atoms with E-state index in [1.807, 2.05) is 38.1 Å². The molecule has 0 aromatic heterocycles. The molecular formula is C13H18O3. The summed E-state index contributed by atoms with van der Waals surface area (Å²) in [7, 11) is 0. The lowest BCUT2D eigenvalue weighted by Gasteiger charge is -2.40. The van der Waals surface area contributed by atoms with Crippen molar-refractivity contribution in [2.24, 2.45) is 0 Å². The zero-order chi connectivity index (χ0) is 11.5. The van der Waals surface area contributed by atoms with Gasteiger partial charge in [0.2, 0.25) is 0 Å². The number of aliphatic hydroxyl groups excluding tert-OH is 1. The van der Waals surface area contributed by atoms with Gasteiger partial charge in [0, 0.05) is 13.0 Å². The molecule has 3 nitrogen and oxygen atoms in total. The van der Waals surface area contributed by atoms with Crippen LogP contribution in [-0.2, 0) is 4.74 Å². The Bertz CT molecular complexity index is 351. The van der Waals surface area contributed by atoms with E-state index < -0.39 is 0 Å². The summed E-state index contributed by atoms with van der Waals surface area (Å²) in [5.41, 5.74) is 1.17. The van der Waals surface area contributed by atoms with Crippen molar-refractivity contribution in [2.45, 2.75) is 38.6 Å². The molecule has 0 spiro atoms. The molecule has 2 rings (SSSR count). The van der Waals surface area contributed by atoms with Gasteiger partial charge in [-0.2, -0.15) is 0 Å². The van der Waals surface area contributed by atoms with Gasteiger partial charge in [-0.1, -0.05) is 12.1 Å². The number of aliphatic hydroxyl groups is 1. The monoisotopic (exact) mass is 222 g/mol. The first-order valence-electron chi connectivity index (χ1n) is 5.73. The van der Waals surface area contributed by atoms with Crippen LogP contribution in [0.5, 0.6) is 5.75 Å². The van der Waals surface area contributed by atoms with E-state index in [1.54, 1.807) is 0 Å². The predicted molar refractivity (Wildman–Crippen MR) is 61.6 cm³/mol. The van der Waals surface area contributed by atoms with Crippen LogP contribution >= 0.6 is 0 Å². The second kappa shape index (κ2) is 4.85. The third-order valence-electron chi connectivity index (χ3n) is 2.86. The third-order valence-corrected chi connectivity index (χ3v) is 2.86. The van der Waals surface area contributed by atoms with Gasteiger partial charge in [-0.05, 0) is 31.5 Å². The first kappa shape index (κ1) is 11.4. The van der Waals surface area contributed by atoms with Crippen LogP contribution in [-0.4, -0.2) is 30.0 Å². The van der Waals surface area contributed by atoms with Crippen molar-refractivity contribution >= 4 is 0 Å². The van der Waals surface area contributed by atoms with Crippen molar-refractivity contribution in [3.8, 4) is 5.75 Å². The molecule has 3 atom stereocenters. The van der Waals surface area contributed by atoms with E-state index in [-0.39, 0.29) is 18.3 Å². The van der Waals surface area contributed by atoms with E-state index >= 15 is 0 Å². The molecule has 0 radical (unpaired) electrons. The van der Waals surface area contributed by atoms with Gasteiger partial charge in [0.25, 0.3) is 0 Å².